The molecule has 2 heterocycles. The summed E-state index contributed by atoms with van der Waals surface area (Å²) >= 11 is 0. The molecule has 0 saturated heterocycles. The van der Waals surface area contributed by atoms with Gasteiger partial charge in [-0.15, -0.1) is 0 Å². The molecule has 7 nitrogen and oxygen atoms in total. The van der Waals surface area contributed by atoms with Gasteiger partial charge in [0.15, 0.2) is 5.69 Å². The average molecular weight is 286 g/mol. The van der Waals surface area contributed by atoms with E-state index in [2.05, 4.69) is 15.6 Å². The summed E-state index contributed by atoms with van der Waals surface area (Å²) in [6, 6.07) is 8.68. The Morgan fingerprint density at radius 3 is 2.71 bits per heavy atom. The number of amides is 2. The van der Waals surface area contributed by atoms with E-state index in [1.165, 1.54) is 6.33 Å². The summed E-state index contributed by atoms with van der Waals surface area (Å²) in [4.78, 5) is 28.0. The van der Waals surface area contributed by atoms with Crippen LogP contribution in [0.1, 0.15) is 16.1 Å². The van der Waals surface area contributed by atoms with E-state index in [1.807, 2.05) is 30.3 Å². The number of rotatable bonds is 3. The van der Waals surface area contributed by atoms with Gasteiger partial charge in [0.25, 0.3) is 11.8 Å². The number of imidazole rings is 1. The van der Waals surface area contributed by atoms with Crippen molar-refractivity contribution in [1.82, 2.24) is 14.9 Å². The highest BCUT2D eigenvalue weighted by Gasteiger charge is 2.30. The number of benzene rings is 1. The van der Waals surface area contributed by atoms with E-state index in [0.29, 0.717) is 12.4 Å². The Morgan fingerprint density at radius 2 is 2.00 bits per heavy atom. The number of nitrogens with zero attached hydrogens (tertiary/aromatic N) is 2. The van der Waals surface area contributed by atoms with Gasteiger partial charge in [0.2, 0.25) is 0 Å². The molecule has 21 heavy (non-hydrogen) atoms. The van der Waals surface area contributed by atoms with E-state index >= 15 is 0 Å². The first-order chi connectivity index (χ1) is 10.2. The Balaban J connectivity index is 1.93. The molecular formula is C14H14N4O3. The SMILES string of the molecule is O=C1NC(CO)C(=O)Nc2c1ncn2Cc1ccccc1. The molecule has 1 aromatic carbocycles. The summed E-state index contributed by atoms with van der Waals surface area (Å²) in [5.74, 6) is -0.592. The second-order valence-corrected chi connectivity index (χ2v) is 4.75. The van der Waals surface area contributed by atoms with Gasteiger partial charge in [-0.3, -0.25) is 9.59 Å². The second kappa shape index (κ2) is 5.37. The highest BCUT2D eigenvalue weighted by Crippen LogP contribution is 2.19. The molecule has 1 atom stereocenters. The molecule has 3 rings (SSSR count). The summed E-state index contributed by atoms with van der Waals surface area (Å²) in [7, 11) is 0. The van der Waals surface area contributed by atoms with Crippen LogP contribution in [-0.2, 0) is 11.3 Å². The van der Waals surface area contributed by atoms with Gasteiger partial charge in [-0.05, 0) is 5.56 Å². The molecule has 0 radical (unpaired) electrons. The number of aromatic nitrogens is 2. The van der Waals surface area contributed by atoms with Crippen LogP contribution in [0.3, 0.4) is 0 Å². The lowest BCUT2D eigenvalue weighted by atomic mass is 10.2. The largest absolute Gasteiger partial charge is 0.394 e. The lowest BCUT2D eigenvalue weighted by Gasteiger charge is -2.12. The van der Waals surface area contributed by atoms with Crippen LogP contribution in [0.5, 0.6) is 0 Å². The topological polar surface area (TPSA) is 96.2 Å². The monoisotopic (exact) mass is 286 g/mol. The van der Waals surface area contributed by atoms with Crippen molar-refractivity contribution in [2.75, 3.05) is 11.9 Å². The first-order valence-electron chi connectivity index (χ1n) is 6.50. The Hall–Kier alpha value is -2.67. The first kappa shape index (κ1) is 13.3. The van der Waals surface area contributed by atoms with Crippen molar-refractivity contribution in [3.8, 4) is 0 Å². The predicted molar refractivity (Wildman–Crippen MR) is 74.7 cm³/mol. The number of hydrogen-bond acceptors (Lipinski definition) is 4. The van der Waals surface area contributed by atoms with Gasteiger partial charge in [-0.25, -0.2) is 4.98 Å². The van der Waals surface area contributed by atoms with Gasteiger partial charge in [-0.2, -0.15) is 0 Å². The Bertz CT molecular complexity index is 681. The fourth-order valence-electron chi connectivity index (χ4n) is 2.20. The molecule has 3 N–H and O–H groups in total. The molecule has 2 aromatic rings. The van der Waals surface area contributed by atoms with Gasteiger partial charge >= 0.3 is 0 Å². The third kappa shape index (κ3) is 2.50. The van der Waals surface area contributed by atoms with Crippen molar-refractivity contribution in [2.24, 2.45) is 0 Å². The second-order valence-electron chi connectivity index (χ2n) is 4.75. The van der Waals surface area contributed by atoms with Crippen LogP contribution in [0.25, 0.3) is 0 Å². The maximum atomic E-state index is 12.0. The van der Waals surface area contributed by atoms with Crippen LogP contribution >= 0.6 is 0 Å². The standard InChI is InChI=1S/C14H14N4O3/c19-7-10-13(20)17-12-11(14(21)16-10)15-8-18(12)6-9-4-2-1-3-5-9/h1-5,8,10,19H,6-7H2,(H,16,21)(H,17,20). The number of hydrogen-bond donors (Lipinski definition) is 3. The third-order valence-corrected chi connectivity index (χ3v) is 3.29. The lowest BCUT2D eigenvalue weighted by molar-refractivity contribution is -0.118. The van der Waals surface area contributed by atoms with Crippen LogP contribution < -0.4 is 10.6 Å². The predicted octanol–water partition coefficient (Wildman–Crippen LogP) is -0.0258. The highest BCUT2D eigenvalue weighted by molar-refractivity contribution is 6.08. The van der Waals surface area contributed by atoms with Crippen molar-refractivity contribution >= 4 is 17.6 Å². The minimum atomic E-state index is -0.961. The third-order valence-electron chi connectivity index (χ3n) is 3.29. The summed E-state index contributed by atoms with van der Waals surface area (Å²) in [6.45, 7) is 0.0288. The molecule has 1 aliphatic heterocycles. The van der Waals surface area contributed by atoms with Gasteiger partial charge in [0.1, 0.15) is 11.9 Å². The maximum Gasteiger partial charge on any atom is 0.274 e. The Morgan fingerprint density at radius 1 is 1.24 bits per heavy atom. The van der Waals surface area contributed by atoms with Crippen molar-refractivity contribution in [3.63, 3.8) is 0 Å². The zero-order valence-electron chi connectivity index (χ0n) is 11.1. The fraction of sp³-hybridized carbons (Fsp3) is 0.214. The molecule has 0 saturated carbocycles. The van der Waals surface area contributed by atoms with E-state index in [4.69, 9.17) is 5.11 Å². The molecule has 0 fully saturated rings. The number of carbonyl (C=O) groups excluding carboxylic acids is 2. The Kier molecular flexibility index (Phi) is 3.41. The quantitative estimate of drug-likeness (QED) is 0.738. The average Bonchev–Trinajstić information content (AvgIpc) is 2.82. The molecule has 7 heteroatoms. The minimum absolute atomic E-state index is 0.148. The van der Waals surface area contributed by atoms with E-state index in [1.54, 1.807) is 4.57 Å². The fourth-order valence-corrected chi connectivity index (χ4v) is 2.20. The highest BCUT2D eigenvalue weighted by atomic mass is 16.3. The summed E-state index contributed by atoms with van der Waals surface area (Å²) in [5.41, 5.74) is 1.17. The van der Waals surface area contributed by atoms with Crippen molar-refractivity contribution in [2.45, 2.75) is 12.6 Å². The minimum Gasteiger partial charge on any atom is -0.394 e. The van der Waals surface area contributed by atoms with Crippen LogP contribution in [0.15, 0.2) is 36.7 Å². The van der Waals surface area contributed by atoms with E-state index in [0.717, 1.165) is 5.56 Å². The molecule has 1 unspecified atom stereocenters. The molecule has 108 valence electrons. The molecule has 2 amide bonds. The van der Waals surface area contributed by atoms with Crippen molar-refractivity contribution < 1.29 is 14.7 Å². The molecule has 0 aliphatic carbocycles. The normalized spacial score (nSPS) is 17.7. The maximum absolute atomic E-state index is 12.0. The lowest BCUT2D eigenvalue weighted by Crippen LogP contribution is -2.44. The number of carbonyl (C=O) groups is 2. The smallest absolute Gasteiger partial charge is 0.274 e. The van der Waals surface area contributed by atoms with Gasteiger partial charge in [0.05, 0.1) is 19.5 Å². The first-order valence-corrected chi connectivity index (χ1v) is 6.50. The summed E-state index contributed by atoms with van der Waals surface area (Å²) in [5, 5.41) is 14.2. The van der Waals surface area contributed by atoms with Gasteiger partial charge in [0, 0.05) is 0 Å². The van der Waals surface area contributed by atoms with E-state index in [-0.39, 0.29) is 5.69 Å². The van der Waals surface area contributed by atoms with Gasteiger partial charge in [-0.1, -0.05) is 30.3 Å². The zero-order valence-corrected chi connectivity index (χ0v) is 11.1. The number of anilines is 1. The molecule has 0 bridgehead atoms. The van der Waals surface area contributed by atoms with Crippen LogP contribution in [0, 0.1) is 0 Å². The van der Waals surface area contributed by atoms with Crippen molar-refractivity contribution in [3.05, 3.63) is 47.9 Å². The van der Waals surface area contributed by atoms with Crippen LogP contribution in [0.4, 0.5) is 5.82 Å². The number of nitrogens with one attached hydrogen (secondary N) is 2. The van der Waals surface area contributed by atoms with E-state index < -0.39 is 24.5 Å². The Labute approximate surface area is 120 Å². The molecule has 1 aromatic heterocycles. The van der Waals surface area contributed by atoms with Crippen LogP contribution in [0.2, 0.25) is 0 Å². The van der Waals surface area contributed by atoms with E-state index in [9.17, 15) is 9.59 Å². The number of fused-ring (bicyclic) bond motifs is 1. The molecule has 1 aliphatic rings. The number of aliphatic hydroxyl groups excluding tert-OH is 1. The summed E-state index contributed by atoms with van der Waals surface area (Å²) in [6.07, 6.45) is 1.51. The van der Waals surface area contributed by atoms with Gasteiger partial charge < -0.3 is 20.3 Å². The molecule has 0 spiro atoms. The number of aliphatic hydroxyl groups is 1. The van der Waals surface area contributed by atoms with Crippen molar-refractivity contribution in [1.29, 1.82) is 0 Å². The summed E-state index contributed by atoms with van der Waals surface area (Å²) < 4.78 is 1.70. The zero-order chi connectivity index (χ0) is 14.8. The van der Waals surface area contributed by atoms with Crippen LogP contribution in [-0.4, -0.2) is 39.1 Å². The molecular weight excluding hydrogens is 272 g/mol.